The highest BCUT2D eigenvalue weighted by Crippen LogP contribution is 2.32. The number of phenols is 1. The number of hydrogen-bond acceptors (Lipinski definition) is 3. The van der Waals surface area contributed by atoms with Gasteiger partial charge in [-0.25, -0.2) is 0 Å². The van der Waals surface area contributed by atoms with Crippen molar-refractivity contribution in [2.24, 2.45) is 0 Å². The van der Waals surface area contributed by atoms with E-state index in [-0.39, 0.29) is 11.7 Å². The molecule has 2 aromatic carbocycles. The third-order valence-electron chi connectivity index (χ3n) is 5.43. The molecule has 0 saturated heterocycles. The lowest BCUT2D eigenvalue weighted by Crippen LogP contribution is -2.27. The Morgan fingerprint density at radius 3 is 2.55 bits per heavy atom. The first kappa shape index (κ1) is 19.6. The van der Waals surface area contributed by atoms with E-state index < -0.39 is 11.7 Å². The average Bonchev–Trinajstić information content (AvgIpc) is 3.08. The number of furan rings is 1. The second kappa shape index (κ2) is 7.59. The van der Waals surface area contributed by atoms with E-state index in [0.717, 1.165) is 37.4 Å². The van der Waals surface area contributed by atoms with Crippen molar-refractivity contribution in [1.82, 2.24) is 4.90 Å². The van der Waals surface area contributed by atoms with Crippen molar-refractivity contribution in [3.63, 3.8) is 0 Å². The van der Waals surface area contributed by atoms with E-state index in [1.54, 1.807) is 12.1 Å². The van der Waals surface area contributed by atoms with Gasteiger partial charge in [0.2, 0.25) is 0 Å². The van der Waals surface area contributed by atoms with Gasteiger partial charge >= 0.3 is 6.18 Å². The molecule has 29 heavy (non-hydrogen) atoms. The predicted octanol–water partition coefficient (Wildman–Crippen LogP) is 5.83. The molecule has 0 radical (unpaired) electrons. The van der Waals surface area contributed by atoms with Crippen LogP contribution in [-0.2, 0) is 19.1 Å². The molecular formula is C23H22F3NO2. The SMILES string of the molecule is CC1CN(Cc2ccc(-c3ccc(C(F)(F)F)cc3)o2)CCc2ccc(O)cc21. The zero-order valence-corrected chi connectivity index (χ0v) is 16.0. The zero-order chi connectivity index (χ0) is 20.6. The Balaban J connectivity index is 1.46. The second-order valence-electron chi connectivity index (χ2n) is 7.61. The number of alkyl halides is 3. The topological polar surface area (TPSA) is 36.6 Å². The van der Waals surface area contributed by atoms with Gasteiger partial charge in [-0.15, -0.1) is 0 Å². The summed E-state index contributed by atoms with van der Waals surface area (Å²) in [6.45, 7) is 4.49. The molecule has 0 fully saturated rings. The standard InChI is InChI=1S/C23H22F3NO2/c1-15-13-27(11-10-16-4-7-19(28)12-21(15)16)14-20-8-9-22(29-20)17-2-5-18(6-3-17)23(24,25)26/h2-9,12,15,28H,10-11,13-14H2,1H3. The van der Waals surface area contributed by atoms with Crippen LogP contribution in [0, 0.1) is 0 Å². The summed E-state index contributed by atoms with van der Waals surface area (Å²) < 4.78 is 44.1. The van der Waals surface area contributed by atoms with E-state index >= 15 is 0 Å². The lowest BCUT2D eigenvalue weighted by atomic mass is 9.95. The Labute approximate surface area is 167 Å². The quantitative estimate of drug-likeness (QED) is 0.600. The number of hydrogen-bond donors (Lipinski definition) is 1. The molecule has 1 N–H and O–H groups in total. The molecule has 1 aromatic heterocycles. The Morgan fingerprint density at radius 1 is 1.07 bits per heavy atom. The lowest BCUT2D eigenvalue weighted by Gasteiger charge is -2.21. The van der Waals surface area contributed by atoms with Gasteiger partial charge < -0.3 is 9.52 Å². The fraction of sp³-hybridized carbons (Fsp3) is 0.304. The summed E-state index contributed by atoms with van der Waals surface area (Å²) in [5.74, 6) is 1.91. The Morgan fingerprint density at radius 2 is 1.83 bits per heavy atom. The van der Waals surface area contributed by atoms with Gasteiger partial charge in [-0.2, -0.15) is 13.2 Å². The van der Waals surface area contributed by atoms with E-state index in [9.17, 15) is 18.3 Å². The summed E-state index contributed by atoms with van der Waals surface area (Å²) >= 11 is 0. The summed E-state index contributed by atoms with van der Waals surface area (Å²) in [7, 11) is 0. The summed E-state index contributed by atoms with van der Waals surface area (Å²) in [6, 6.07) is 14.2. The first-order valence-electron chi connectivity index (χ1n) is 9.60. The molecule has 4 rings (SSSR count). The van der Waals surface area contributed by atoms with Crippen molar-refractivity contribution in [1.29, 1.82) is 0 Å². The van der Waals surface area contributed by atoms with E-state index in [2.05, 4.69) is 11.8 Å². The molecule has 1 aliphatic heterocycles. The van der Waals surface area contributed by atoms with Crippen molar-refractivity contribution < 1.29 is 22.7 Å². The molecule has 152 valence electrons. The van der Waals surface area contributed by atoms with Crippen LogP contribution in [0.25, 0.3) is 11.3 Å². The maximum Gasteiger partial charge on any atom is 0.416 e. The highest BCUT2D eigenvalue weighted by molar-refractivity contribution is 5.58. The van der Waals surface area contributed by atoms with Crippen LogP contribution in [0.4, 0.5) is 13.2 Å². The van der Waals surface area contributed by atoms with E-state index in [1.165, 1.54) is 23.3 Å². The van der Waals surface area contributed by atoms with Crippen LogP contribution in [-0.4, -0.2) is 23.1 Å². The normalized spacial score (nSPS) is 17.7. The van der Waals surface area contributed by atoms with Crippen LogP contribution in [0.5, 0.6) is 5.75 Å². The Kier molecular flexibility index (Phi) is 5.13. The van der Waals surface area contributed by atoms with Gasteiger partial charge in [0, 0.05) is 18.7 Å². The average molecular weight is 401 g/mol. The number of nitrogens with zero attached hydrogens (tertiary/aromatic N) is 1. The maximum atomic E-state index is 12.7. The molecule has 0 bridgehead atoms. The molecule has 3 aromatic rings. The molecule has 1 aliphatic rings. The maximum absolute atomic E-state index is 12.7. The van der Waals surface area contributed by atoms with Gasteiger partial charge in [-0.1, -0.05) is 25.1 Å². The van der Waals surface area contributed by atoms with Gasteiger partial charge in [-0.3, -0.25) is 4.90 Å². The van der Waals surface area contributed by atoms with E-state index in [1.807, 2.05) is 18.2 Å². The number of aromatic hydroxyl groups is 1. The smallest absolute Gasteiger partial charge is 0.416 e. The molecular weight excluding hydrogens is 379 g/mol. The number of rotatable bonds is 3. The molecule has 0 spiro atoms. The number of phenolic OH excluding ortho intramolecular Hbond substituents is 1. The van der Waals surface area contributed by atoms with Crippen molar-refractivity contribution in [2.75, 3.05) is 13.1 Å². The minimum Gasteiger partial charge on any atom is -0.508 e. The highest BCUT2D eigenvalue weighted by Gasteiger charge is 2.30. The van der Waals surface area contributed by atoms with Crippen LogP contribution in [0.3, 0.4) is 0 Å². The van der Waals surface area contributed by atoms with Crippen molar-refractivity contribution in [3.8, 4) is 17.1 Å². The minimum absolute atomic E-state index is 0.281. The van der Waals surface area contributed by atoms with Crippen molar-refractivity contribution >= 4 is 0 Å². The molecule has 0 saturated carbocycles. The molecule has 2 heterocycles. The highest BCUT2D eigenvalue weighted by atomic mass is 19.4. The summed E-state index contributed by atoms with van der Waals surface area (Å²) in [5, 5.41) is 9.78. The van der Waals surface area contributed by atoms with Gasteiger partial charge in [0.15, 0.2) is 0 Å². The van der Waals surface area contributed by atoms with Gasteiger partial charge in [0.25, 0.3) is 0 Å². The van der Waals surface area contributed by atoms with E-state index in [4.69, 9.17) is 4.42 Å². The molecule has 3 nitrogen and oxygen atoms in total. The van der Waals surface area contributed by atoms with Gasteiger partial charge in [0.1, 0.15) is 17.3 Å². The number of benzene rings is 2. The fourth-order valence-electron chi connectivity index (χ4n) is 3.93. The van der Waals surface area contributed by atoms with Crippen molar-refractivity contribution in [2.45, 2.75) is 32.0 Å². The second-order valence-corrected chi connectivity index (χ2v) is 7.61. The molecule has 0 aliphatic carbocycles. The number of fused-ring (bicyclic) bond motifs is 1. The van der Waals surface area contributed by atoms with Gasteiger partial charge in [0.05, 0.1) is 12.1 Å². The van der Waals surface area contributed by atoms with Crippen molar-refractivity contribution in [3.05, 3.63) is 77.0 Å². The summed E-state index contributed by atoms with van der Waals surface area (Å²) in [5.41, 5.74) is 2.38. The first-order chi connectivity index (χ1) is 13.8. The third kappa shape index (κ3) is 4.32. The molecule has 1 atom stereocenters. The monoisotopic (exact) mass is 401 g/mol. The van der Waals surface area contributed by atoms with Crippen LogP contribution >= 0.6 is 0 Å². The molecule has 1 unspecified atom stereocenters. The molecule has 0 amide bonds. The largest absolute Gasteiger partial charge is 0.508 e. The van der Waals surface area contributed by atoms with Crippen LogP contribution in [0.1, 0.15) is 35.3 Å². The van der Waals surface area contributed by atoms with Gasteiger partial charge in [-0.05, 0) is 59.9 Å². The third-order valence-corrected chi connectivity index (χ3v) is 5.43. The van der Waals surface area contributed by atoms with E-state index in [0.29, 0.717) is 17.9 Å². The number of halogens is 3. The van der Waals surface area contributed by atoms with Crippen LogP contribution in [0.15, 0.2) is 59.0 Å². The molecule has 6 heteroatoms. The first-order valence-corrected chi connectivity index (χ1v) is 9.60. The minimum atomic E-state index is -4.34. The zero-order valence-electron chi connectivity index (χ0n) is 16.0. The fourth-order valence-corrected chi connectivity index (χ4v) is 3.93. The Hall–Kier alpha value is -2.73. The van der Waals surface area contributed by atoms with Crippen LogP contribution < -0.4 is 0 Å². The summed E-state index contributed by atoms with van der Waals surface area (Å²) in [6.07, 6.45) is -3.45. The summed E-state index contributed by atoms with van der Waals surface area (Å²) in [4.78, 5) is 2.30. The van der Waals surface area contributed by atoms with Crippen LogP contribution in [0.2, 0.25) is 0 Å². The lowest BCUT2D eigenvalue weighted by molar-refractivity contribution is -0.137. The Bertz CT molecular complexity index is 992. The predicted molar refractivity (Wildman–Crippen MR) is 105 cm³/mol.